The molecule has 0 saturated heterocycles. The SMILES string of the molecule is COC(=O)c1ccccc1NC(=O)CN(c1ccccc1)S(C)(=O)=O. The molecule has 0 heterocycles. The average molecular weight is 362 g/mol. The summed E-state index contributed by atoms with van der Waals surface area (Å²) in [6.45, 7) is -0.418. The topological polar surface area (TPSA) is 92.8 Å². The van der Waals surface area contributed by atoms with Crippen LogP contribution in [0.15, 0.2) is 54.6 Å². The van der Waals surface area contributed by atoms with E-state index in [4.69, 9.17) is 0 Å². The molecule has 1 amide bonds. The number of benzene rings is 2. The summed E-state index contributed by atoms with van der Waals surface area (Å²) < 4.78 is 29.7. The van der Waals surface area contributed by atoms with Crippen molar-refractivity contribution in [2.24, 2.45) is 0 Å². The van der Waals surface area contributed by atoms with Crippen LogP contribution in [0.5, 0.6) is 0 Å². The first-order valence-electron chi connectivity index (χ1n) is 7.33. The third-order valence-electron chi connectivity index (χ3n) is 3.34. The van der Waals surface area contributed by atoms with Crippen molar-refractivity contribution < 1.29 is 22.7 Å². The molecule has 0 fully saturated rings. The minimum Gasteiger partial charge on any atom is -0.465 e. The maximum atomic E-state index is 12.3. The molecule has 1 N–H and O–H groups in total. The number of nitrogens with zero attached hydrogens (tertiary/aromatic N) is 1. The Kier molecular flexibility index (Phi) is 5.76. The summed E-state index contributed by atoms with van der Waals surface area (Å²) in [4.78, 5) is 24.1. The second-order valence-corrected chi connectivity index (χ2v) is 7.10. The van der Waals surface area contributed by atoms with Crippen LogP contribution in [-0.4, -0.2) is 40.2 Å². The minimum absolute atomic E-state index is 0.184. The van der Waals surface area contributed by atoms with E-state index in [1.54, 1.807) is 42.5 Å². The molecule has 0 aliphatic carbocycles. The third kappa shape index (κ3) is 4.80. The van der Waals surface area contributed by atoms with Crippen LogP contribution in [0, 0.1) is 0 Å². The van der Waals surface area contributed by atoms with Gasteiger partial charge in [0, 0.05) is 0 Å². The van der Waals surface area contributed by atoms with Crippen molar-refractivity contribution in [2.45, 2.75) is 0 Å². The van der Waals surface area contributed by atoms with Gasteiger partial charge in [0.05, 0.1) is 30.3 Å². The molecule has 0 saturated carbocycles. The minimum atomic E-state index is -3.66. The van der Waals surface area contributed by atoms with Crippen LogP contribution in [0.1, 0.15) is 10.4 Å². The van der Waals surface area contributed by atoms with Crippen LogP contribution in [-0.2, 0) is 19.6 Å². The summed E-state index contributed by atoms with van der Waals surface area (Å²) in [6.07, 6.45) is 1.02. The quantitative estimate of drug-likeness (QED) is 0.792. The molecular formula is C17H18N2O5S. The molecule has 0 spiro atoms. The molecular weight excluding hydrogens is 344 g/mol. The van der Waals surface area contributed by atoms with Gasteiger partial charge < -0.3 is 10.1 Å². The highest BCUT2D eigenvalue weighted by Crippen LogP contribution is 2.19. The molecule has 0 aromatic heterocycles. The summed E-state index contributed by atoms with van der Waals surface area (Å²) in [5.41, 5.74) is 0.811. The Morgan fingerprint density at radius 2 is 1.64 bits per heavy atom. The number of anilines is 2. The van der Waals surface area contributed by atoms with Crippen LogP contribution in [0.25, 0.3) is 0 Å². The van der Waals surface area contributed by atoms with Gasteiger partial charge in [-0.05, 0) is 24.3 Å². The molecule has 0 aliphatic rings. The van der Waals surface area contributed by atoms with Crippen molar-refractivity contribution in [3.05, 3.63) is 60.2 Å². The maximum absolute atomic E-state index is 12.3. The number of methoxy groups -OCH3 is 1. The first kappa shape index (κ1) is 18.5. The number of hydrogen-bond donors (Lipinski definition) is 1. The van der Waals surface area contributed by atoms with Gasteiger partial charge in [0.2, 0.25) is 15.9 Å². The molecule has 0 aliphatic heterocycles. The maximum Gasteiger partial charge on any atom is 0.339 e. The van der Waals surface area contributed by atoms with Crippen molar-refractivity contribution in [1.29, 1.82) is 0 Å². The van der Waals surface area contributed by atoms with Crippen LogP contribution < -0.4 is 9.62 Å². The van der Waals surface area contributed by atoms with Gasteiger partial charge >= 0.3 is 5.97 Å². The van der Waals surface area contributed by atoms with Gasteiger partial charge in [-0.2, -0.15) is 0 Å². The Morgan fingerprint density at radius 3 is 2.24 bits per heavy atom. The number of hydrogen-bond acceptors (Lipinski definition) is 5. The largest absolute Gasteiger partial charge is 0.465 e. The smallest absolute Gasteiger partial charge is 0.339 e. The van der Waals surface area contributed by atoms with E-state index in [1.165, 1.54) is 19.2 Å². The fourth-order valence-electron chi connectivity index (χ4n) is 2.19. The van der Waals surface area contributed by atoms with Gasteiger partial charge in [0.25, 0.3) is 0 Å². The van der Waals surface area contributed by atoms with E-state index in [2.05, 4.69) is 10.1 Å². The van der Waals surface area contributed by atoms with Crippen molar-refractivity contribution in [3.8, 4) is 0 Å². The van der Waals surface area contributed by atoms with Crippen LogP contribution >= 0.6 is 0 Å². The first-order chi connectivity index (χ1) is 11.8. The van der Waals surface area contributed by atoms with E-state index < -0.39 is 28.4 Å². The van der Waals surface area contributed by atoms with Crippen LogP contribution in [0.4, 0.5) is 11.4 Å². The predicted octanol–water partition coefficient (Wildman–Crippen LogP) is 1.88. The lowest BCUT2D eigenvalue weighted by Crippen LogP contribution is -2.37. The van der Waals surface area contributed by atoms with E-state index in [0.29, 0.717) is 5.69 Å². The average Bonchev–Trinajstić information content (AvgIpc) is 2.59. The molecule has 2 aromatic rings. The molecule has 0 atom stereocenters. The van der Waals surface area contributed by atoms with Gasteiger partial charge in [0.1, 0.15) is 6.54 Å². The molecule has 0 bridgehead atoms. The number of rotatable bonds is 6. The second kappa shape index (κ2) is 7.80. The molecule has 132 valence electrons. The summed E-state index contributed by atoms with van der Waals surface area (Å²) in [7, 11) is -2.42. The van der Waals surface area contributed by atoms with Crippen LogP contribution in [0.3, 0.4) is 0 Å². The van der Waals surface area contributed by atoms with Gasteiger partial charge in [-0.3, -0.25) is 9.10 Å². The second-order valence-electron chi connectivity index (χ2n) is 5.19. The summed E-state index contributed by atoms with van der Waals surface area (Å²) in [5.74, 6) is -1.18. The van der Waals surface area contributed by atoms with E-state index >= 15 is 0 Å². The van der Waals surface area contributed by atoms with E-state index in [0.717, 1.165) is 10.6 Å². The number of para-hydroxylation sites is 2. The zero-order valence-electron chi connectivity index (χ0n) is 13.8. The van der Waals surface area contributed by atoms with Crippen molar-refractivity contribution in [1.82, 2.24) is 0 Å². The first-order valence-corrected chi connectivity index (χ1v) is 9.17. The monoisotopic (exact) mass is 362 g/mol. The Labute approximate surface area is 146 Å². The highest BCUT2D eigenvalue weighted by atomic mass is 32.2. The number of sulfonamides is 1. The van der Waals surface area contributed by atoms with Gasteiger partial charge in [0.15, 0.2) is 0 Å². The lowest BCUT2D eigenvalue weighted by molar-refractivity contribution is -0.114. The number of nitrogens with one attached hydrogen (secondary N) is 1. The van der Waals surface area contributed by atoms with Crippen molar-refractivity contribution >= 4 is 33.3 Å². The molecule has 0 unspecified atom stereocenters. The van der Waals surface area contributed by atoms with Crippen molar-refractivity contribution in [2.75, 3.05) is 29.5 Å². The van der Waals surface area contributed by atoms with Gasteiger partial charge in [-0.25, -0.2) is 13.2 Å². The third-order valence-corrected chi connectivity index (χ3v) is 4.48. The summed E-state index contributed by atoms with van der Waals surface area (Å²) in [6, 6.07) is 14.6. The fourth-order valence-corrected chi connectivity index (χ4v) is 3.05. The Balaban J connectivity index is 2.23. The molecule has 2 aromatic carbocycles. The Hall–Kier alpha value is -2.87. The van der Waals surface area contributed by atoms with Gasteiger partial charge in [-0.1, -0.05) is 30.3 Å². The lowest BCUT2D eigenvalue weighted by Gasteiger charge is -2.22. The van der Waals surface area contributed by atoms with Crippen LogP contribution in [0.2, 0.25) is 0 Å². The summed E-state index contributed by atoms with van der Waals surface area (Å²) in [5, 5.41) is 2.55. The normalized spacial score (nSPS) is 10.8. The Bertz CT molecular complexity index is 866. The van der Waals surface area contributed by atoms with E-state index in [9.17, 15) is 18.0 Å². The molecule has 2 rings (SSSR count). The highest BCUT2D eigenvalue weighted by molar-refractivity contribution is 7.92. The summed E-state index contributed by atoms with van der Waals surface area (Å²) >= 11 is 0. The number of carbonyl (C=O) groups excluding carboxylic acids is 2. The van der Waals surface area contributed by atoms with Crippen molar-refractivity contribution in [3.63, 3.8) is 0 Å². The standard InChI is InChI=1S/C17H18N2O5S/c1-24-17(21)14-10-6-7-11-15(14)18-16(20)12-19(25(2,22)23)13-8-4-3-5-9-13/h3-11H,12H2,1-2H3,(H,18,20). The Morgan fingerprint density at radius 1 is 1.04 bits per heavy atom. The molecule has 8 heteroatoms. The molecule has 25 heavy (non-hydrogen) atoms. The number of carbonyl (C=O) groups is 2. The van der Waals surface area contributed by atoms with E-state index in [-0.39, 0.29) is 11.3 Å². The van der Waals surface area contributed by atoms with Gasteiger partial charge in [-0.15, -0.1) is 0 Å². The van der Waals surface area contributed by atoms with E-state index in [1.807, 2.05) is 0 Å². The fraction of sp³-hybridized carbons (Fsp3) is 0.176. The predicted molar refractivity (Wildman–Crippen MR) is 95.0 cm³/mol. The number of ether oxygens (including phenoxy) is 1. The highest BCUT2D eigenvalue weighted by Gasteiger charge is 2.21. The number of amides is 1. The molecule has 7 nitrogen and oxygen atoms in total. The zero-order valence-corrected chi connectivity index (χ0v) is 14.6. The molecule has 0 radical (unpaired) electrons. The number of esters is 1. The zero-order chi connectivity index (χ0) is 18.4. The lowest BCUT2D eigenvalue weighted by atomic mass is 10.2.